The Hall–Kier alpha value is -2.06. The van der Waals surface area contributed by atoms with Gasteiger partial charge in [0.05, 0.1) is 24.3 Å². The molecule has 0 heterocycles. The highest BCUT2D eigenvalue weighted by Crippen LogP contribution is 2.14. The van der Waals surface area contributed by atoms with Crippen LogP contribution in [0.1, 0.15) is 258 Å². The third-order valence-corrected chi connectivity index (χ3v) is 16.1. The number of nitrogens with one attached hydrogen (secondary N) is 6. The number of rotatable bonds is 69. The molecule has 4 atom stereocenters. The van der Waals surface area contributed by atoms with E-state index in [9.17, 15) is 19.8 Å². The van der Waals surface area contributed by atoms with Gasteiger partial charge in [0.15, 0.2) is 0 Å². The summed E-state index contributed by atoms with van der Waals surface area (Å²) < 4.78 is 0. The molecule has 16 N–H and O–H groups in total. The van der Waals surface area contributed by atoms with Gasteiger partial charge in [-0.2, -0.15) is 0 Å². The molecule has 0 spiro atoms. The molecule has 0 rings (SSSR count). The molecule has 16 heteroatoms. The van der Waals surface area contributed by atoms with Crippen molar-refractivity contribution in [2.45, 2.75) is 282 Å². The predicted molar refractivity (Wildman–Crippen MR) is 362 cm³/mol. The van der Waals surface area contributed by atoms with Crippen molar-refractivity contribution in [1.29, 1.82) is 0 Å². The summed E-state index contributed by atoms with van der Waals surface area (Å²) in [6.45, 7) is 16.7. The van der Waals surface area contributed by atoms with E-state index in [1.807, 2.05) is 0 Å². The summed E-state index contributed by atoms with van der Waals surface area (Å²) in [5, 5.41) is 42.7. The summed E-state index contributed by atoms with van der Waals surface area (Å²) in [4.78, 5) is 31.8. The smallest absolute Gasteiger partial charge is 0.237 e. The summed E-state index contributed by atoms with van der Waals surface area (Å²) in [7, 11) is 0. The van der Waals surface area contributed by atoms with Crippen LogP contribution in [0.2, 0.25) is 0 Å². The van der Waals surface area contributed by atoms with E-state index in [4.69, 9.17) is 22.9 Å². The van der Waals surface area contributed by atoms with Crippen molar-refractivity contribution in [1.82, 2.24) is 41.7 Å². The van der Waals surface area contributed by atoms with Crippen molar-refractivity contribution in [2.75, 3.05) is 118 Å². The molecule has 0 saturated carbocycles. The summed E-state index contributed by atoms with van der Waals surface area (Å²) in [5.41, 5.74) is 22.9. The standard InChI is InChI=1S/C68H142N12O4/c1-3-5-7-9-11-13-15-17-19-21-23-25-27-29-31-33-55-79(61-63(81)59-77-67(83)65(75-53-41-47-71)43-37-49-73-51-39-45-69)57-35-36-58-80(56-34-32-30-28-26-24-22-20-18-16-14-12-10-8-6-4-2)62-64(82)60-78-68(84)66(76-54-42-48-72)44-38-50-74-52-40-46-70/h17-20,63-66,73-76,81-82H,3-16,21-62,69-72H2,1-2H3,(H,77,83)(H,78,84)/b19-17+,20-18+. The Morgan fingerprint density at radius 2 is 0.643 bits per heavy atom. The molecule has 0 aromatic carbocycles. The van der Waals surface area contributed by atoms with E-state index < -0.39 is 12.2 Å². The second-order valence-electron chi connectivity index (χ2n) is 24.3. The zero-order chi connectivity index (χ0) is 61.3. The molecule has 0 aliphatic heterocycles. The zero-order valence-corrected chi connectivity index (χ0v) is 55.1. The molecule has 0 aliphatic carbocycles. The number of carbonyl (C=O) groups excluding carboxylic acids is 2. The van der Waals surface area contributed by atoms with Crippen molar-refractivity contribution < 1.29 is 19.8 Å². The summed E-state index contributed by atoms with van der Waals surface area (Å²) >= 11 is 0. The van der Waals surface area contributed by atoms with Crippen LogP contribution in [0.25, 0.3) is 0 Å². The number of hydrogen-bond donors (Lipinski definition) is 12. The molecule has 0 aromatic heterocycles. The number of carbonyl (C=O) groups is 2. The van der Waals surface area contributed by atoms with E-state index in [0.717, 1.165) is 117 Å². The van der Waals surface area contributed by atoms with Crippen molar-refractivity contribution in [3.8, 4) is 0 Å². The maximum Gasteiger partial charge on any atom is 0.237 e. The van der Waals surface area contributed by atoms with E-state index >= 15 is 0 Å². The maximum atomic E-state index is 13.5. The van der Waals surface area contributed by atoms with E-state index in [2.05, 4.69) is 79.9 Å². The molecule has 498 valence electrons. The SMILES string of the molecule is CCCCCCCC/C=C/CCCCCCCCN(CCCCN(CCCCCCCC/C=C/CCCCCCCC)CC(O)CNC(=O)C(CCCNCCCN)NCCCN)CC(O)CNC(=O)C(CCCNCCCN)NCCCN. The molecular formula is C68H142N12O4. The highest BCUT2D eigenvalue weighted by molar-refractivity contribution is 5.82. The molecule has 4 unspecified atom stereocenters. The van der Waals surface area contributed by atoms with Gasteiger partial charge in [0, 0.05) is 26.2 Å². The highest BCUT2D eigenvalue weighted by atomic mass is 16.3. The van der Waals surface area contributed by atoms with Crippen LogP contribution in [0.15, 0.2) is 24.3 Å². The van der Waals surface area contributed by atoms with Crippen LogP contribution in [0.3, 0.4) is 0 Å². The lowest BCUT2D eigenvalue weighted by Gasteiger charge is -2.28. The number of amides is 2. The van der Waals surface area contributed by atoms with E-state index in [0.29, 0.717) is 65.2 Å². The lowest BCUT2D eigenvalue weighted by molar-refractivity contribution is -0.124. The lowest BCUT2D eigenvalue weighted by atomic mass is 10.1. The first-order valence-electron chi connectivity index (χ1n) is 35.6. The van der Waals surface area contributed by atoms with Crippen molar-refractivity contribution in [3.63, 3.8) is 0 Å². The van der Waals surface area contributed by atoms with Crippen LogP contribution in [0.4, 0.5) is 0 Å². The topological polar surface area (TPSA) is 257 Å². The molecule has 0 aromatic rings. The van der Waals surface area contributed by atoms with E-state index in [-0.39, 0.29) is 37.0 Å². The average molecular weight is 1190 g/mol. The van der Waals surface area contributed by atoms with Crippen LogP contribution in [-0.4, -0.2) is 174 Å². The number of aliphatic hydroxyl groups excluding tert-OH is 2. The van der Waals surface area contributed by atoms with Gasteiger partial charge < -0.3 is 74.8 Å². The van der Waals surface area contributed by atoms with Gasteiger partial charge in [0.2, 0.25) is 11.8 Å². The number of hydrogen-bond acceptors (Lipinski definition) is 14. The van der Waals surface area contributed by atoms with Crippen LogP contribution in [0, 0.1) is 0 Å². The molecule has 0 fully saturated rings. The second kappa shape index (κ2) is 66.9. The quantitative estimate of drug-likeness (QED) is 0.0200. The Morgan fingerprint density at radius 1 is 0.369 bits per heavy atom. The molecule has 84 heavy (non-hydrogen) atoms. The Labute approximate surface area is 518 Å². The Bertz CT molecular complexity index is 1320. The number of nitrogens with zero attached hydrogens (tertiary/aromatic N) is 2. The fraction of sp³-hybridized carbons (Fsp3) is 0.912. The average Bonchev–Trinajstić information content (AvgIpc) is 3.50. The molecule has 0 aliphatic rings. The number of nitrogens with two attached hydrogens (primary N) is 4. The van der Waals surface area contributed by atoms with Gasteiger partial charge in [-0.3, -0.25) is 9.59 Å². The Kier molecular flexibility index (Phi) is 65.2. The van der Waals surface area contributed by atoms with Gasteiger partial charge in [-0.1, -0.05) is 154 Å². The molecular weight excluding hydrogens is 1050 g/mol. The largest absolute Gasteiger partial charge is 0.390 e. The number of aliphatic hydroxyl groups is 2. The van der Waals surface area contributed by atoms with Crippen LogP contribution >= 0.6 is 0 Å². The minimum Gasteiger partial charge on any atom is -0.390 e. The normalized spacial score (nSPS) is 13.5. The van der Waals surface area contributed by atoms with Gasteiger partial charge in [-0.05, 0) is 220 Å². The van der Waals surface area contributed by atoms with Gasteiger partial charge in [0.1, 0.15) is 0 Å². The van der Waals surface area contributed by atoms with Gasteiger partial charge in [-0.25, -0.2) is 0 Å². The van der Waals surface area contributed by atoms with Crippen LogP contribution in [-0.2, 0) is 9.59 Å². The molecule has 0 bridgehead atoms. The number of allylic oxidation sites excluding steroid dienone is 4. The third-order valence-electron chi connectivity index (χ3n) is 16.1. The first kappa shape index (κ1) is 81.9. The monoisotopic (exact) mass is 1190 g/mol. The van der Waals surface area contributed by atoms with Crippen LogP contribution < -0.4 is 54.8 Å². The zero-order valence-electron chi connectivity index (χ0n) is 55.1. The van der Waals surface area contributed by atoms with E-state index in [1.54, 1.807) is 0 Å². The molecule has 2 amide bonds. The van der Waals surface area contributed by atoms with Gasteiger partial charge in [-0.15, -0.1) is 0 Å². The fourth-order valence-electron chi connectivity index (χ4n) is 10.8. The molecule has 0 saturated heterocycles. The molecule has 16 nitrogen and oxygen atoms in total. The third kappa shape index (κ3) is 57.7. The fourth-order valence-corrected chi connectivity index (χ4v) is 10.8. The second-order valence-corrected chi connectivity index (χ2v) is 24.3. The predicted octanol–water partition coefficient (Wildman–Crippen LogP) is 9.45. The molecule has 0 radical (unpaired) electrons. The van der Waals surface area contributed by atoms with Crippen LogP contribution in [0.5, 0.6) is 0 Å². The summed E-state index contributed by atoms with van der Waals surface area (Å²) in [6.07, 6.45) is 52.3. The lowest BCUT2D eigenvalue weighted by Crippen LogP contribution is -2.48. The number of unbranched alkanes of at least 4 members (excludes halogenated alkanes) is 25. The Balaban J connectivity index is 5.66. The maximum absolute atomic E-state index is 13.5. The summed E-state index contributed by atoms with van der Waals surface area (Å²) in [6, 6.07) is -0.673. The Morgan fingerprint density at radius 3 is 0.964 bits per heavy atom. The van der Waals surface area contributed by atoms with Crippen molar-refractivity contribution in [3.05, 3.63) is 24.3 Å². The highest BCUT2D eigenvalue weighted by Gasteiger charge is 2.22. The van der Waals surface area contributed by atoms with Gasteiger partial charge >= 0.3 is 0 Å². The first-order valence-corrected chi connectivity index (χ1v) is 35.6. The van der Waals surface area contributed by atoms with Crippen molar-refractivity contribution >= 4 is 11.8 Å². The van der Waals surface area contributed by atoms with E-state index in [1.165, 1.54) is 167 Å². The minimum absolute atomic E-state index is 0.0715. The first-order chi connectivity index (χ1) is 41.3. The van der Waals surface area contributed by atoms with Gasteiger partial charge in [0.25, 0.3) is 0 Å². The summed E-state index contributed by atoms with van der Waals surface area (Å²) in [5.74, 6) is -0.143. The van der Waals surface area contributed by atoms with Crippen molar-refractivity contribution in [2.24, 2.45) is 22.9 Å². The minimum atomic E-state index is -0.688.